The molecule has 9 nitrogen and oxygen atoms in total. The first-order valence-electron chi connectivity index (χ1n) is 12.3. The number of nitrogens with zero attached hydrogens (tertiary/aromatic N) is 3. The van der Waals surface area contributed by atoms with Crippen LogP contribution in [0.5, 0.6) is 5.75 Å². The van der Waals surface area contributed by atoms with Gasteiger partial charge in [-0.25, -0.2) is 9.37 Å². The number of hydrogen-bond donors (Lipinski definition) is 3. The second kappa shape index (κ2) is 8.72. The number of halogens is 1. The molecule has 2 saturated heterocycles. The Hall–Kier alpha value is -3.21. The summed E-state index contributed by atoms with van der Waals surface area (Å²) in [6, 6.07) is 7.32. The van der Waals surface area contributed by atoms with E-state index >= 15 is 0 Å². The maximum atomic E-state index is 14.8. The van der Waals surface area contributed by atoms with Crippen LogP contribution in [-0.4, -0.2) is 50.3 Å². The summed E-state index contributed by atoms with van der Waals surface area (Å²) in [4.78, 5) is 24.7. The summed E-state index contributed by atoms with van der Waals surface area (Å²) in [5, 5.41) is 17.5. The van der Waals surface area contributed by atoms with Crippen molar-refractivity contribution in [2.24, 2.45) is 0 Å². The first-order chi connectivity index (χ1) is 17.3. The van der Waals surface area contributed by atoms with Crippen LogP contribution >= 0.6 is 0 Å². The molecule has 3 N–H and O–H groups in total. The topological polar surface area (TPSA) is 118 Å². The Bertz CT molecular complexity index is 1320. The van der Waals surface area contributed by atoms with Crippen molar-refractivity contribution in [3.63, 3.8) is 0 Å². The lowest BCUT2D eigenvalue weighted by molar-refractivity contribution is -0.176. The molecule has 2 bridgehead atoms. The number of aliphatic hydroxyl groups is 1. The van der Waals surface area contributed by atoms with Crippen molar-refractivity contribution in [3.05, 3.63) is 53.2 Å². The zero-order chi connectivity index (χ0) is 24.9. The molecule has 4 aliphatic rings. The molecule has 6 heterocycles. The second-order valence-electron chi connectivity index (χ2n) is 10.2. The molecule has 7 rings (SSSR count). The number of aromatic nitrogens is 3. The van der Waals surface area contributed by atoms with Crippen LogP contribution in [0.15, 0.2) is 30.5 Å². The Morgan fingerprint density at radius 2 is 2.03 bits per heavy atom. The normalized spacial score (nSPS) is 25.8. The van der Waals surface area contributed by atoms with Gasteiger partial charge in [-0.05, 0) is 56.9 Å². The first-order valence-corrected chi connectivity index (χ1v) is 12.3. The summed E-state index contributed by atoms with van der Waals surface area (Å²) in [6.45, 7) is 2.87. The molecule has 3 aliphatic heterocycles. The fraction of sp³-hybridized carbons (Fsp3) is 0.462. The van der Waals surface area contributed by atoms with Crippen LogP contribution < -0.4 is 15.4 Å². The van der Waals surface area contributed by atoms with Gasteiger partial charge in [-0.15, -0.1) is 0 Å². The third-order valence-electron chi connectivity index (χ3n) is 7.69. The van der Waals surface area contributed by atoms with Crippen molar-refractivity contribution < 1.29 is 23.8 Å². The Balaban J connectivity index is 1.12. The average molecular weight is 494 g/mol. The molecular weight excluding hydrogens is 465 g/mol. The number of nitrogens with one attached hydrogen (secondary N) is 2. The van der Waals surface area contributed by atoms with Crippen LogP contribution in [0.25, 0.3) is 11.0 Å². The molecule has 1 atom stereocenters. The van der Waals surface area contributed by atoms with Gasteiger partial charge in [0, 0.05) is 29.8 Å². The van der Waals surface area contributed by atoms with Crippen molar-refractivity contribution in [1.29, 1.82) is 0 Å². The van der Waals surface area contributed by atoms with E-state index in [2.05, 4.69) is 25.6 Å². The number of hydrogen-bond acceptors (Lipinski definition) is 8. The number of carbonyl (C=O) groups excluding carboxylic acids is 1. The molecule has 3 fully saturated rings. The summed E-state index contributed by atoms with van der Waals surface area (Å²) in [5.41, 5.74) is 2.02. The van der Waals surface area contributed by atoms with Crippen molar-refractivity contribution in [3.8, 4) is 5.75 Å². The van der Waals surface area contributed by atoms with Gasteiger partial charge >= 0.3 is 0 Å². The Morgan fingerprint density at radius 1 is 1.19 bits per heavy atom. The van der Waals surface area contributed by atoms with Gasteiger partial charge in [0.2, 0.25) is 0 Å². The van der Waals surface area contributed by atoms with Gasteiger partial charge in [0.1, 0.15) is 5.82 Å². The van der Waals surface area contributed by atoms with E-state index in [0.29, 0.717) is 42.2 Å². The quantitative estimate of drug-likeness (QED) is 0.480. The minimum absolute atomic E-state index is 0.00333. The minimum Gasteiger partial charge on any atom is -0.480 e. The minimum atomic E-state index is -1.04. The smallest absolute Gasteiger partial charge is 0.263 e. The summed E-state index contributed by atoms with van der Waals surface area (Å²) in [6.07, 6.45) is 3.69. The molecule has 3 aromatic rings. The monoisotopic (exact) mass is 493 g/mol. The van der Waals surface area contributed by atoms with Gasteiger partial charge in [0.15, 0.2) is 18.2 Å². The highest BCUT2D eigenvalue weighted by molar-refractivity contribution is 5.94. The molecule has 10 heteroatoms. The zero-order valence-corrected chi connectivity index (χ0v) is 20.0. The lowest BCUT2D eigenvalue weighted by atomic mass is 9.69. The highest BCUT2D eigenvalue weighted by atomic mass is 19.1. The average Bonchev–Trinajstić information content (AvgIpc) is 2.88. The summed E-state index contributed by atoms with van der Waals surface area (Å²) in [5.74, 6) is 0.254. The van der Waals surface area contributed by atoms with Crippen LogP contribution in [0.4, 0.5) is 10.2 Å². The molecule has 3 aromatic heterocycles. The molecule has 0 spiro atoms. The number of aliphatic hydroxyl groups excluding tert-OH is 1. The van der Waals surface area contributed by atoms with E-state index in [-0.39, 0.29) is 23.6 Å². The number of pyridine rings is 3. The van der Waals surface area contributed by atoms with Crippen LogP contribution in [0.3, 0.4) is 0 Å². The lowest BCUT2D eigenvalue weighted by Gasteiger charge is -2.54. The van der Waals surface area contributed by atoms with Crippen molar-refractivity contribution in [1.82, 2.24) is 20.3 Å². The zero-order valence-electron chi connectivity index (χ0n) is 20.0. The fourth-order valence-corrected chi connectivity index (χ4v) is 5.57. The van der Waals surface area contributed by atoms with E-state index in [9.17, 15) is 14.3 Å². The molecule has 1 amide bonds. The van der Waals surface area contributed by atoms with Gasteiger partial charge in [0.05, 0.1) is 41.2 Å². The first kappa shape index (κ1) is 23.2. The predicted octanol–water partition coefficient (Wildman–Crippen LogP) is 3.10. The second-order valence-corrected chi connectivity index (χ2v) is 10.2. The van der Waals surface area contributed by atoms with Crippen LogP contribution in [0, 0.1) is 12.7 Å². The third kappa shape index (κ3) is 4.19. The Labute approximate surface area is 207 Å². The van der Waals surface area contributed by atoms with E-state index in [1.165, 1.54) is 0 Å². The number of rotatable bonds is 6. The van der Waals surface area contributed by atoms with E-state index in [4.69, 9.17) is 9.47 Å². The van der Waals surface area contributed by atoms with Gasteiger partial charge in [0.25, 0.3) is 5.91 Å². The molecule has 0 aromatic carbocycles. The van der Waals surface area contributed by atoms with E-state index < -0.39 is 17.5 Å². The SMILES string of the molecule is Cc1ccc2ncc(F)c(C(O)CC34CCC(NCc5ccc6c(n5)NC(=O)CO6)(CC3)CO4)c2n1. The van der Waals surface area contributed by atoms with E-state index in [0.717, 1.165) is 43.3 Å². The van der Waals surface area contributed by atoms with Gasteiger partial charge in [-0.3, -0.25) is 14.8 Å². The Morgan fingerprint density at radius 3 is 2.81 bits per heavy atom. The number of aryl methyl sites for hydroxylation is 1. The number of ether oxygens (including phenoxy) is 2. The number of fused-ring (bicyclic) bond motifs is 5. The summed E-state index contributed by atoms with van der Waals surface area (Å²) in [7, 11) is 0. The van der Waals surface area contributed by atoms with Gasteiger partial charge in [-0.1, -0.05) is 0 Å². The highest BCUT2D eigenvalue weighted by Gasteiger charge is 2.50. The molecule has 1 unspecified atom stereocenters. The van der Waals surface area contributed by atoms with Crippen molar-refractivity contribution in [2.45, 2.75) is 62.8 Å². The molecule has 188 valence electrons. The fourth-order valence-electron chi connectivity index (χ4n) is 5.57. The summed E-state index contributed by atoms with van der Waals surface area (Å²) >= 11 is 0. The van der Waals surface area contributed by atoms with Gasteiger partial charge in [-0.2, -0.15) is 0 Å². The number of amides is 1. The third-order valence-corrected chi connectivity index (χ3v) is 7.69. The summed E-state index contributed by atoms with van der Waals surface area (Å²) < 4.78 is 26.5. The van der Waals surface area contributed by atoms with Gasteiger partial charge < -0.3 is 25.2 Å². The molecule has 1 aliphatic carbocycles. The molecular formula is C26H28FN5O4. The molecule has 36 heavy (non-hydrogen) atoms. The largest absolute Gasteiger partial charge is 0.480 e. The Kier molecular flexibility index (Phi) is 5.62. The van der Waals surface area contributed by atoms with E-state index in [1.54, 1.807) is 6.07 Å². The molecule has 0 radical (unpaired) electrons. The van der Waals surface area contributed by atoms with E-state index in [1.807, 2.05) is 25.1 Å². The van der Waals surface area contributed by atoms with Crippen LogP contribution in [0.1, 0.15) is 55.2 Å². The van der Waals surface area contributed by atoms with Crippen LogP contribution in [-0.2, 0) is 16.1 Å². The maximum absolute atomic E-state index is 14.8. The van der Waals surface area contributed by atoms with Crippen molar-refractivity contribution >= 4 is 22.8 Å². The number of carbonyl (C=O) groups is 1. The highest BCUT2D eigenvalue weighted by Crippen LogP contribution is 2.48. The van der Waals surface area contributed by atoms with Crippen LogP contribution in [0.2, 0.25) is 0 Å². The predicted molar refractivity (Wildman–Crippen MR) is 129 cm³/mol. The number of anilines is 1. The van der Waals surface area contributed by atoms with Crippen molar-refractivity contribution in [2.75, 3.05) is 18.5 Å². The maximum Gasteiger partial charge on any atom is 0.263 e. The lowest BCUT2D eigenvalue weighted by Crippen LogP contribution is -2.61. The standard InChI is InChI=1S/C26H28FN5O4/c1-15-2-4-18-23(30-15)22(17(27)12-28-18)19(33)10-26-8-6-25(7-9-26,14-36-26)29-11-16-3-5-20-24(31-16)32-21(34)13-35-20/h2-5,12,19,29,33H,6-11,13-14H2,1H3,(H,31,32,34). The molecule has 1 saturated carbocycles.